The first-order valence-electron chi connectivity index (χ1n) is 8.61. The first kappa shape index (κ1) is 19.7. The number of ether oxygens (including phenoxy) is 2. The van der Waals surface area contributed by atoms with Crippen LogP contribution in [0.4, 0.5) is 22.0 Å². The molecule has 2 heterocycles. The molecule has 0 unspecified atom stereocenters. The Bertz CT molecular complexity index is 952. The maximum Gasteiger partial charge on any atom is 0.491 e. The molecule has 28 heavy (non-hydrogen) atoms. The Morgan fingerprint density at radius 2 is 2.11 bits per heavy atom. The SMILES string of the molecule is [C-]#[N+]c1ccc(N(C(=O)OC(C)(C)C)c2ccc3c(c2)COB3O)nc1OC. The van der Waals surface area contributed by atoms with Gasteiger partial charge in [-0.3, -0.25) is 0 Å². The van der Waals surface area contributed by atoms with Gasteiger partial charge >= 0.3 is 13.2 Å². The maximum absolute atomic E-state index is 13.0. The number of pyridine rings is 1. The van der Waals surface area contributed by atoms with E-state index in [-0.39, 0.29) is 24.0 Å². The predicted octanol–water partition coefficient (Wildman–Crippen LogP) is 2.93. The zero-order valence-electron chi connectivity index (χ0n) is 16.1. The smallest absolute Gasteiger partial charge is 0.490 e. The molecule has 1 aromatic carbocycles. The third-order valence-electron chi connectivity index (χ3n) is 3.99. The monoisotopic (exact) mass is 381 g/mol. The first-order chi connectivity index (χ1) is 13.2. The van der Waals surface area contributed by atoms with Gasteiger partial charge in [-0.15, -0.1) is 0 Å². The van der Waals surface area contributed by atoms with Gasteiger partial charge in [0.25, 0.3) is 0 Å². The topological polar surface area (TPSA) is 85.5 Å². The number of carbonyl (C=O) groups is 1. The molecule has 0 spiro atoms. The number of rotatable bonds is 3. The molecule has 0 radical (unpaired) electrons. The van der Waals surface area contributed by atoms with Crippen molar-refractivity contribution in [1.29, 1.82) is 0 Å². The average Bonchev–Trinajstić information content (AvgIpc) is 3.00. The molecule has 1 aromatic heterocycles. The fraction of sp³-hybridized carbons (Fsp3) is 0.316. The number of hydrogen-bond acceptors (Lipinski definition) is 6. The number of aromatic nitrogens is 1. The third-order valence-corrected chi connectivity index (χ3v) is 3.99. The lowest BCUT2D eigenvalue weighted by atomic mass is 9.79. The summed E-state index contributed by atoms with van der Waals surface area (Å²) in [7, 11) is 0.433. The molecule has 0 bridgehead atoms. The van der Waals surface area contributed by atoms with Crippen molar-refractivity contribution in [2.24, 2.45) is 0 Å². The van der Waals surface area contributed by atoms with Crippen LogP contribution in [0.5, 0.6) is 5.88 Å². The third kappa shape index (κ3) is 3.93. The van der Waals surface area contributed by atoms with E-state index in [1.54, 1.807) is 45.0 Å². The van der Waals surface area contributed by atoms with Crippen LogP contribution in [-0.2, 0) is 16.0 Å². The summed E-state index contributed by atoms with van der Waals surface area (Å²) in [5.74, 6) is 0.360. The second-order valence-electron chi connectivity index (χ2n) is 7.17. The number of fused-ring (bicyclic) bond motifs is 1. The Balaban J connectivity index is 2.09. The van der Waals surface area contributed by atoms with E-state index < -0.39 is 18.8 Å². The van der Waals surface area contributed by atoms with Crippen LogP contribution in [0.15, 0.2) is 30.3 Å². The predicted molar refractivity (Wildman–Crippen MR) is 104 cm³/mol. The van der Waals surface area contributed by atoms with Crippen LogP contribution >= 0.6 is 0 Å². The van der Waals surface area contributed by atoms with Gasteiger partial charge in [-0.2, -0.15) is 0 Å². The highest BCUT2D eigenvalue weighted by Gasteiger charge is 2.31. The molecule has 0 fully saturated rings. The van der Waals surface area contributed by atoms with Crippen LogP contribution in [-0.4, -0.2) is 35.9 Å². The van der Waals surface area contributed by atoms with Crippen molar-refractivity contribution in [1.82, 2.24) is 4.98 Å². The number of amides is 1. The standard InChI is InChI=1S/C19H20BN3O5/c1-19(2,3)28-18(24)23(16-9-8-15(21-4)17(22-16)26-5)13-6-7-14-12(10-13)11-27-20(14)25/h6-10,25H,11H2,1-3,5H3. The van der Waals surface area contributed by atoms with E-state index in [4.69, 9.17) is 20.7 Å². The number of anilines is 2. The summed E-state index contributed by atoms with van der Waals surface area (Å²) >= 11 is 0. The Morgan fingerprint density at radius 3 is 2.75 bits per heavy atom. The number of benzene rings is 1. The summed E-state index contributed by atoms with van der Waals surface area (Å²) < 4.78 is 15.9. The molecular weight excluding hydrogens is 361 g/mol. The lowest BCUT2D eigenvalue weighted by molar-refractivity contribution is 0.0598. The molecule has 1 aliphatic rings. The van der Waals surface area contributed by atoms with E-state index in [9.17, 15) is 9.82 Å². The zero-order valence-corrected chi connectivity index (χ0v) is 16.1. The summed E-state index contributed by atoms with van der Waals surface area (Å²) in [5, 5.41) is 9.83. The molecule has 8 nitrogen and oxygen atoms in total. The average molecular weight is 381 g/mol. The van der Waals surface area contributed by atoms with Crippen LogP contribution in [0.2, 0.25) is 0 Å². The molecule has 0 aliphatic carbocycles. The van der Waals surface area contributed by atoms with E-state index in [1.165, 1.54) is 18.1 Å². The number of methoxy groups -OCH3 is 1. The molecule has 0 atom stereocenters. The highest BCUT2D eigenvalue weighted by atomic mass is 16.6. The van der Waals surface area contributed by atoms with Gasteiger partial charge in [-0.1, -0.05) is 6.07 Å². The van der Waals surface area contributed by atoms with Crippen molar-refractivity contribution in [3.8, 4) is 5.88 Å². The summed E-state index contributed by atoms with van der Waals surface area (Å²) in [6.45, 7) is 12.7. The molecule has 9 heteroatoms. The van der Waals surface area contributed by atoms with Crippen molar-refractivity contribution in [2.75, 3.05) is 12.0 Å². The van der Waals surface area contributed by atoms with Gasteiger partial charge in [-0.25, -0.2) is 19.5 Å². The van der Waals surface area contributed by atoms with Crippen molar-refractivity contribution in [2.45, 2.75) is 33.0 Å². The van der Waals surface area contributed by atoms with E-state index in [0.717, 1.165) is 5.56 Å². The number of carbonyl (C=O) groups excluding carboxylic acids is 1. The minimum atomic E-state index is -0.977. The van der Waals surface area contributed by atoms with Crippen molar-refractivity contribution in [3.05, 3.63) is 47.3 Å². The highest BCUT2D eigenvalue weighted by molar-refractivity contribution is 6.61. The van der Waals surface area contributed by atoms with E-state index in [0.29, 0.717) is 11.2 Å². The van der Waals surface area contributed by atoms with Crippen LogP contribution in [0.3, 0.4) is 0 Å². The van der Waals surface area contributed by atoms with Gasteiger partial charge in [-0.05, 0) is 56.1 Å². The van der Waals surface area contributed by atoms with Crippen molar-refractivity contribution < 1.29 is 23.9 Å². The van der Waals surface area contributed by atoms with Crippen LogP contribution < -0.4 is 15.1 Å². The minimum Gasteiger partial charge on any atom is -0.490 e. The van der Waals surface area contributed by atoms with Gasteiger partial charge in [0.15, 0.2) is 0 Å². The lowest BCUT2D eigenvalue weighted by Gasteiger charge is -2.27. The first-order valence-corrected chi connectivity index (χ1v) is 8.61. The molecule has 0 saturated carbocycles. The van der Waals surface area contributed by atoms with Gasteiger partial charge in [0.05, 0.1) is 26.0 Å². The van der Waals surface area contributed by atoms with Crippen molar-refractivity contribution >= 4 is 35.9 Å². The Morgan fingerprint density at radius 1 is 1.36 bits per heavy atom. The van der Waals surface area contributed by atoms with Crippen LogP contribution in [0, 0.1) is 6.57 Å². The highest BCUT2D eigenvalue weighted by Crippen LogP contribution is 2.33. The number of hydrogen-bond donors (Lipinski definition) is 1. The Kier molecular flexibility index (Phi) is 5.27. The van der Waals surface area contributed by atoms with Crippen LogP contribution in [0.25, 0.3) is 4.85 Å². The van der Waals surface area contributed by atoms with Gasteiger partial charge in [0, 0.05) is 0 Å². The fourth-order valence-corrected chi connectivity index (χ4v) is 2.78. The van der Waals surface area contributed by atoms with E-state index in [2.05, 4.69) is 9.83 Å². The van der Waals surface area contributed by atoms with Gasteiger partial charge in [0.2, 0.25) is 11.6 Å². The van der Waals surface area contributed by atoms with Crippen LogP contribution in [0.1, 0.15) is 26.3 Å². The molecule has 0 saturated heterocycles. The second-order valence-corrected chi connectivity index (χ2v) is 7.17. The summed E-state index contributed by atoms with van der Waals surface area (Å²) in [5.41, 5.74) is 1.44. The Hall–Kier alpha value is -3.09. The largest absolute Gasteiger partial charge is 0.491 e. The summed E-state index contributed by atoms with van der Waals surface area (Å²) in [4.78, 5) is 21.9. The summed E-state index contributed by atoms with van der Waals surface area (Å²) in [6.07, 6.45) is -0.628. The molecular formula is C19H20BN3O5. The molecule has 1 aliphatic heterocycles. The lowest BCUT2D eigenvalue weighted by Crippen LogP contribution is -2.35. The van der Waals surface area contributed by atoms with E-state index in [1.807, 2.05) is 0 Å². The van der Waals surface area contributed by atoms with Gasteiger partial charge < -0.3 is 19.2 Å². The van der Waals surface area contributed by atoms with E-state index >= 15 is 0 Å². The Labute approximate surface area is 163 Å². The zero-order chi connectivity index (χ0) is 20.5. The molecule has 1 amide bonds. The fourth-order valence-electron chi connectivity index (χ4n) is 2.78. The van der Waals surface area contributed by atoms with Crippen molar-refractivity contribution in [3.63, 3.8) is 0 Å². The second kappa shape index (κ2) is 7.50. The molecule has 144 valence electrons. The van der Waals surface area contributed by atoms with Gasteiger partial charge in [0.1, 0.15) is 11.4 Å². The number of nitrogens with zero attached hydrogens (tertiary/aromatic N) is 3. The summed E-state index contributed by atoms with van der Waals surface area (Å²) in [6, 6.07) is 8.21. The normalized spacial score (nSPS) is 12.9. The maximum atomic E-state index is 13.0. The molecule has 2 aromatic rings. The minimum absolute atomic E-state index is 0.112. The quantitative estimate of drug-likeness (QED) is 0.650. The molecule has 1 N–H and O–H groups in total. The molecule has 3 rings (SSSR count).